The van der Waals surface area contributed by atoms with E-state index in [1.165, 1.54) is 11.8 Å². The molecule has 1 unspecified atom stereocenters. The maximum absolute atomic E-state index is 13.3. The molecule has 1 heterocycles. The van der Waals surface area contributed by atoms with Crippen LogP contribution in [0.25, 0.3) is 0 Å². The zero-order chi connectivity index (χ0) is 27.0. The molecule has 2 atom stereocenters. The predicted octanol–water partition coefficient (Wildman–Crippen LogP) is 2.80. The zero-order valence-electron chi connectivity index (χ0n) is 20.9. The van der Waals surface area contributed by atoms with E-state index in [2.05, 4.69) is 10.6 Å². The van der Waals surface area contributed by atoms with Gasteiger partial charge in [0.1, 0.15) is 24.2 Å². The van der Waals surface area contributed by atoms with Crippen LogP contribution in [-0.4, -0.2) is 65.6 Å². The van der Waals surface area contributed by atoms with Crippen molar-refractivity contribution < 1.29 is 33.8 Å². The molecule has 0 saturated carbocycles. The number of nitrogens with zero attached hydrogens (tertiary/aromatic N) is 1. The summed E-state index contributed by atoms with van der Waals surface area (Å²) in [5.41, 5.74) is 0.565. The van der Waals surface area contributed by atoms with Crippen molar-refractivity contribution in [2.24, 2.45) is 0 Å². The quantitative estimate of drug-likeness (QED) is 0.452. The third-order valence-electron chi connectivity index (χ3n) is 5.14. The number of carbonyl (C=O) groups is 4. The summed E-state index contributed by atoms with van der Waals surface area (Å²) in [6.07, 6.45) is -0.808. The van der Waals surface area contributed by atoms with Gasteiger partial charge in [0.2, 0.25) is 5.91 Å². The van der Waals surface area contributed by atoms with Crippen LogP contribution in [0.1, 0.15) is 26.3 Å². The van der Waals surface area contributed by atoms with Crippen LogP contribution in [0, 0.1) is 0 Å². The molecule has 0 bridgehead atoms. The molecule has 3 amide bonds. The third kappa shape index (κ3) is 8.50. The van der Waals surface area contributed by atoms with Crippen LogP contribution in [0.15, 0.2) is 59.5 Å². The third-order valence-corrected chi connectivity index (χ3v) is 6.30. The Balaban J connectivity index is 1.74. The minimum Gasteiger partial charge on any atom is -0.480 e. The van der Waals surface area contributed by atoms with Gasteiger partial charge in [-0.3, -0.25) is 19.3 Å². The molecule has 198 valence electrons. The zero-order valence-corrected chi connectivity index (χ0v) is 21.7. The number of hydrogen-bond acceptors (Lipinski definition) is 7. The second-order valence-corrected chi connectivity index (χ2v) is 10.4. The largest absolute Gasteiger partial charge is 0.480 e. The number of alkyl carbamates (subject to hydrolysis) is 1. The SMILES string of the molecule is CC(C)(C)OC(=O)N[C@@H](COCc1ccccc1)C(=O)NC1CSc2ccccc2N(CC(=O)O)C1=O. The first kappa shape index (κ1) is 28.0. The van der Waals surface area contributed by atoms with Gasteiger partial charge in [0, 0.05) is 10.6 Å². The van der Waals surface area contributed by atoms with Crippen LogP contribution in [0.3, 0.4) is 0 Å². The fourth-order valence-corrected chi connectivity index (χ4v) is 4.60. The topological polar surface area (TPSA) is 134 Å². The van der Waals surface area contributed by atoms with Crippen LogP contribution in [-0.2, 0) is 30.5 Å². The standard InChI is InChI=1S/C26H31N3O7S/c1-26(2,3)36-25(34)28-18(15-35-14-17-9-5-4-6-10-17)23(32)27-19-16-37-21-12-8-7-11-20(21)29(24(19)33)13-22(30)31/h4-12,18-19H,13-16H2,1-3H3,(H,27,32)(H,28,34)(H,30,31)/t18-,19?/m0/s1. The minimum absolute atomic E-state index is 0.174. The van der Waals surface area contributed by atoms with Gasteiger partial charge in [-0.2, -0.15) is 0 Å². The predicted molar refractivity (Wildman–Crippen MR) is 138 cm³/mol. The van der Waals surface area contributed by atoms with Gasteiger partial charge in [-0.05, 0) is 38.5 Å². The number of carbonyl (C=O) groups excluding carboxylic acids is 3. The van der Waals surface area contributed by atoms with Crippen molar-refractivity contribution >= 4 is 41.3 Å². The molecule has 10 nitrogen and oxygen atoms in total. The lowest BCUT2D eigenvalue weighted by molar-refractivity contribution is -0.137. The van der Waals surface area contributed by atoms with Crippen molar-refractivity contribution in [2.75, 3.05) is 23.8 Å². The van der Waals surface area contributed by atoms with Crippen LogP contribution in [0.2, 0.25) is 0 Å². The van der Waals surface area contributed by atoms with Crippen molar-refractivity contribution in [1.29, 1.82) is 0 Å². The number of hydrogen-bond donors (Lipinski definition) is 3. The normalized spacial score (nSPS) is 16.2. The number of aliphatic carboxylic acids is 1. The van der Waals surface area contributed by atoms with Crippen molar-refractivity contribution in [1.82, 2.24) is 10.6 Å². The van der Waals surface area contributed by atoms with Gasteiger partial charge in [0.05, 0.1) is 18.9 Å². The number of anilines is 1. The van der Waals surface area contributed by atoms with Crippen molar-refractivity contribution in [3.8, 4) is 0 Å². The number of nitrogens with one attached hydrogen (secondary N) is 2. The fraction of sp³-hybridized carbons (Fsp3) is 0.385. The minimum atomic E-state index is -1.18. The number of amides is 3. The van der Waals surface area contributed by atoms with E-state index < -0.39 is 48.1 Å². The smallest absolute Gasteiger partial charge is 0.408 e. The summed E-state index contributed by atoms with van der Waals surface area (Å²) >= 11 is 1.33. The number of fused-ring (bicyclic) bond motifs is 1. The molecule has 11 heteroatoms. The Morgan fingerprint density at radius 1 is 1.11 bits per heavy atom. The highest BCUT2D eigenvalue weighted by molar-refractivity contribution is 7.99. The van der Waals surface area contributed by atoms with Crippen molar-refractivity contribution in [3.05, 3.63) is 60.2 Å². The number of carboxylic acids is 1. The van der Waals surface area contributed by atoms with Gasteiger partial charge >= 0.3 is 12.1 Å². The van der Waals surface area contributed by atoms with Gasteiger partial charge in [-0.1, -0.05) is 42.5 Å². The second-order valence-electron chi connectivity index (χ2n) is 9.36. The van der Waals surface area contributed by atoms with Gasteiger partial charge in [0.25, 0.3) is 5.91 Å². The lowest BCUT2D eigenvalue weighted by Crippen LogP contribution is -2.57. The first-order valence-corrected chi connectivity index (χ1v) is 12.7. The Bertz CT molecular complexity index is 1120. The second kappa shape index (κ2) is 12.6. The highest BCUT2D eigenvalue weighted by Crippen LogP contribution is 2.34. The lowest BCUT2D eigenvalue weighted by atomic mass is 10.2. The average molecular weight is 530 g/mol. The summed E-state index contributed by atoms with van der Waals surface area (Å²) in [6, 6.07) is 14.1. The van der Waals surface area contributed by atoms with Crippen molar-refractivity contribution in [3.63, 3.8) is 0 Å². The maximum Gasteiger partial charge on any atom is 0.408 e. The molecule has 37 heavy (non-hydrogen) atoms. The molecule has 2 aromatic carbocycles. The summed E-state index contributed by atoms with van der Waals surface area (Å²) in [5.74, 6) is -2.21. The number of carboxylic acid groups (broad SMARTS) is 1. The molecule has 2 aromatic rings. The Morgan fingerprint density at radius 2 is 1.78 bits per heavy atom. The highest BCUT2D eigenvalue weighted by atomic mass is 32.2. The summed E-state index contributed by atoms with van der Waals surface area (Å²) in [4.78, 5) is 52.3. The van der Waals surface area contributed by atoms with E-state index in [9.17, 15) is 24.3 Å². The first-order valence-electron chi connectivity index (χ1n) is 11.7. The lowest BCUT2D eigenvalue weighted by Gasteiger charge is -2.26. The Hall–Kier alpha value is -3.57. The van der Waals surface area contributed by atoms with E-state index in [1.54, 1.807) is 45.0 Å². The Morgan fingerprint density at radius 3 is 2.46 bits per heavy atom. The Labute approximate surface area is 219 Å². The van der Waals surface area contributed by atoms with Crippen LogP contribution in [0.5, 0.6) is 0 Å². The summed E-state index contributed by atoms with van der Waals surface area (Å²) < 4.78 is 11.0. The van der Waals surface area contributed by atoms with Gasteiger partial charge in [0.15, 0.2) is 0 Å². The summed E-state index contributed by atoms with van der Waals surface area (Å²) in [5, 5.41) is 14.6. The molecule has 0 fully saturated rings. The van der Waals surface area contributed by atoms with E-state index in [4.69, 9.17) is 9.47 Å². The highest BCUT2D eigenvalue weighted by Gasteiger charge is 2.35. The number of rotatable bonds is 9. The van der Waals surface area contributed by atoms with E-state index in [0.29, 0.717) is 5.69 Å². The number of benzene rings is 2. The first-order chi connectivity index (χ1) is 17.5. The molecule has 1 aliphatic heterocycles. The molecule has 1 aliphatic rings. The molecule has 0 aromatic heterocycles. The number of para-hydroxylation sites is 1. The van der Waals surface area contributed by atoms with Crippen molar-refractivity contribution in [2.45, 2.75) is 50.0 Å². The molecule has 0 saturated heterocycles. The average Bonchev–Trinajstić information content (AvgIpc) is 2.95. The maximum atomic E-state index is 13.3. The molecule has 3 rings (SSSR count). The fourth-order valence-electron chi connectivity index (χ4n) is 3.53. The molecule has 0 radical (unpaired) electrons. The molecule has 0 aliphatic carbocycles. The van der Waals surface area contributed by atoms with E-state index in [0.717, 1.165) is 15.4 Å². The van der Waals surface area contributed by atoms with Crippen LogP contribution >= 0.6 is 11.8 Å². The van der Waals surface area contributed by atoms with Gasteiger partial charge in [-0.25, -0.2) is 4.79 Å². The summed E-state index contributed by atoms with van der Waals surface area (Å²) in [7, 11) is 0. The number of thioether (sulfide) groups is 1. The molecule has 3 N–H and O–H groups in total. The van der Waals surface area contributed by atoms with E-state index in [1.807, 2.05) is 30.3 Å². The van der Waals surface area contributed by atoms with Gasteiger partial charge < -0.3 is 25.2 Å². The number of ether oxygens (including phenoxy) is 2. The summed E-state index contributed by atoms with van der Waals surface area (Å²) in [6.45, 7) is 4.58. The monoisotopic (exact) mass is 529 g/mol. The van der Waals surface area contributed by atoms with E-state index >= 15 is 0 Å². The molecular formula is C26H31N3O7S. The van der Waals surface area contributed by atoms with Crippen LogP contribution < -0.4 is 15.5 Å². The molecule has 0 spiro atoms. The van der Waals surface area contributed by atoms with Crippen LogP contribution in [0.4, 0.5) is 10.5 Å². The van der Waals surface area contributed by atoms with Gasteiger partial charge in [-0.15, -0.1) is 11.8 Å². The molecular weight excluding hydrogens is 498 g/mol. The Kier molecular flexibility index (Phi) is 9.54. The van der Waals surface area contributed by atoms with E-state index in [-0.39, 0.29) is 19.0 Å².